The molecule has 0 aromatic heterocycles. The van der Waals surface area contributed by atoms with Crippen LogP contribution in [0.15, 0.2) is 30.3 Å². The van der Waals surface area contributed by atoms with Gasteiger partial charge in [-0.15, -0.1) is 0 Å². The van der Waals surface area contributed by atoms with Crippen molar-refractivity contribution in [1.82, 2.24) is 10.2 Å². The van der Waals surface area contributed by atoms with Gasteiger partial charge in [-0.3, -0.25) is 9.59 Å². The molecule has 3 unspecified atom stereocenters. The minimum atomic E-state index is -1.04. The first-order valence-electron chi connectivity index (χ1n) is 7.79. The van der Waals surface area contributed by atoms with E-state index in [-0.39, 0.29) is 37.3 Å². The number of benzene rings is 1. The Morgan fingerprint density at radius 2 is 2.00 bits per heavy atom. The summed E-state index contributed by atoms with van der Waals surface area (Å²) in [5.41, 5.74) is 0.801. The summed E-state index contributed by atoms with van der Waals surface area (Å²) < 4.78 is 5.20. The highest BCUT2D eigenvalue weighted by molar-refractivity contribution is 5.85. The normalized spacial score (nSPS) is 21.3. The lowest BCUT2D eigenvalue weighted by Gasteiger charge is -2.25. The Morgan fingerprint density at radius 3 is 2.54 bits per heavy atom. The summed E-state index contributed by atoms with van der Waals surface area (Å²) in [5.74, 6) is -1.61. The second kappa shape index (κ2) is 7.92. The van der Waals surface area contributed by atoms with Gasteiger partial charge in [-0.05, 0) is 5.56 Å². The van der Waals surface area contributed by atoms with Crippen LogP contribution in [0.2, 0.25) is 0 Å². The first-order valence-corrected chi connectivity index (χ1v) is 7.79. The third-order valence-electron chi connectivity index (χ3n) is 4.16. The molecular formula is C17H22N2O5. The Kier molecular flexibility index (Phi) is 5.92. The van der Waals surface area contributed by atoms with E-state index in [2.05, 4.69) is 5.32 Å². The second-order valence-electron chi connectivity index (χ2n) is 5.86. The van der Waals surface area contributed by atoms with E-state index >= 15 is 0 Å². The Bertz CT molecular complexity index is 604. The highest BCUT2D eigenvalue weighted by atomic mass is 16.5. The van der Waals surface area contributed by atoms with E-state index in [0.29, 0.717) is 0 Å². The molecule has 0 spiro atoms. The summed E-state index contributed by atoms with van der Waals surface area (Å²) in [7, 11) is 1.50. The molecule has 1 aromatic carbocycles. The van der Waals surface area contributed by atoms with Crippen LogP contribution >= 0.6 is 0 Å². The number of nitrogens with zero attached hydrogens (tertiary/aromatic N) is 1. The van der Waals surface area contributed by atoms with Crippen LogP contribution in [0.1, 0.15) is 31.4 Å². The zero-order valence-electron chi connectivity index (χ0n) is 13.8. The van der Waals surface area contributed by atoms with Crippen molar-refractivity contribution in [2.45, 2.75) is 38.0 Å². The van der Waals surface area contributed by atoms with Crippen LogP contribution in [0, 0.1) is 0 Å². The number of carboxylic acid groups (broad SMARTS) is 1. The number of methoxy groups -OCH3 is 1. The molecule has 1 fully saturated rings. The third-order valence-corrected chi connectivity index (χ3v) is 4.16. The van der Waals surface area contributed by atoms with E-state index in [4.69, 9.17) is 4.74 Å². The van der Waals surface area contributed by atoms with E-state index in [1.54, 1.807) is 0 Å². The first kappa shape index (κ1) is 17.9. The number of hydrogen-bond acceptors (Lipinski definition) is 4. The van der Waals surface area contributed by atoms with E-state index in [9.17, 15) is 19.5 Å². The molecule has 1 aromatic rings. The number of nitrogens with one attached hydrogen (secondary N) is 1. The highest BCUT2D eigenvalue weighted by Crippen LogP contribution is 2.24. The van der Waals surface area contributed by atoms with Gasteiger partial charge in [0.25, 0.3) is 0 Å². The highest BCUT2D eigenvalue weighted by Gasteiger charge is 2.40. The molecule has 1 heterocycles. The standard InChI is InChI=1S/C17H22N2O5/c1-11(20)18-14(12-6-4-3-5-7-12)9-16(21)19-10-13(24-2)8-15(19)17(22)23/h3-7,13-15H,8-10H2,1-2H3,(H,18,20)(H,22,23). The molecule has 1 saturated heterocycles. The maximum Gasteiger partial charge on any atom is 0.326 e. The number of hydrogen-bond donors (Lipinski definition) is 2. The molecule has 130 valence electrons. The zero-order valence-corrected chi connectivity index (χ0v) is 13.8. The lowest BCUT2D eigenvalue weighted by molar-refractivity contribution is -0.148. The van der Waals surface area contributed by atoms with Crippen molar-refractivity contribution < 1.29 is 24.2 Å². The number of carboxylic acids is 1. The first-order chi connectivity index (χ1) is 11.4. The second-order valence-corrected chi connectivity index (χ2v) is 5.86. The number of amides is 2. The van der Waals surface area contributed by atoms with Gasteiger partial charge >= 0.3 is 5.97 Å². The van der Waals surface area contributed by atoms with Crippen LogP contribution in [0.4, 0.5) is 0 Å². The number of aliphatic carboxylic acids is 1. The van der Waals surface area contributed by atoms with Crippen molar-refractivity contribution in [2.24, 2.45) is 0 Å². The summed E-state index contributed by atoms with van der Waals surface area (Å²) in [6, 6.07) is 7.76. The lowest BCUT2D eigenvalue weighted by Crippen LogP contribution is -2.42. The van der Waals surface area contributed by atoms with Crippen LogP contribution in [0.3, 0.4) is 0 Å². The predicted octanol–water partition coefficient (Wildman–Crippen LogP) is 0.954. The third kappa shape index (κ3) is 4.32. The van der Waals surface area contributed by atoms with Crippen LogP contribution in [0.25, 0.3) is 0 Å². The van der Waals surface area contributed by atoms with Crippen LogP contribution in [0.5, 0.6) is 0 Å². The quantitative estimate of drug-likeness (QED) is 0.808. The van der Waals surface area contributed by atoms with Crippen molar-refractivity contribution in [3.05, 3.63) is 35.9 Å². The minimum absolute atomic E-state index is 0.00378. The van der Waals surface area contributed by atoms with Gasteiger partial charge in [0.1, 0.15) is 6.04 Å². The summed E-state index contributed by atoms with van der Waals surface area (Å²) in [6.07, 6.45) is -0.0108. The van der Waals surface area contributed by atoms with E-state index in [1.807, 2.05) is 30.3 Å². The molecular weight excluding hydrogens is 312 g/mol. The topological polar surface area (TPSA) is 95.9 Å². The van der Waals surface area contributed by atoms with E-state index in [1.165, 1.54) is 18.9 Å². The van der Waals surface area contributed by atoms with E-state index in [0.717, 1.165) is 5.56 Å². The number of ether oxygens (including phenoxy) is 1. The van der Waals surface area contributed by atoms with Gasteiger partial charge in [0.05, 0.1) is 18.6 Å². The smallest absolute Gasteiger partial charge is 0.326 e. The molecule has 1 aliphatic heterocycles. The van der Waals surface area contributed by atoms with E-state index < -0.39 is 18.1 Å². The molecule has 2 rings (SSSR count). The SMILES string of the molecule is COC1CC(C(=O)O)N(C(=O)CC(NC(C)=O)c2ccccc2)C1. The summed E-state index contributed by atoms with van der Waals surface area (Å²) in [4.78, 5) is 36.8. The maximum absolute atomic E-state index is 12.6. The molecule has 2 N–H and O–H groups in total. The monoisotopic (exact) mass is 334 g/mol. The Hall–Kier alpha value is -2.41. The average molecular weight is 334 g/mol. The molecule has 0 aliphatic carbocycles. The summed E-state index contributed by atoms with van der Waals surface area (Å²) >= 11 is 0. The average Bonchev–Trinajstić information content (AvgIpc) is 2.99. The van der Waals surface area contributed by atoms with Crippen LogP contribution in [-0.4, -0.2) is 53.6 Å². The van der Waals surface area contributed by atoms with Crippen molar-refractivity contribution in [2.75, 3.05) is 13.7 Å². The number of carbonyl (C=O) groups excluding carboxylic acids is 2. The number of rotatable bonds is 6. The van der Waals surface area contributed by atoms with Gasteiger partial charge in [-0.2, -0.15) is 0 Å². The van der Waals surface area contributed by atoms with Gasteiger partial charge in [-0.25, -0.2) is 4.79 Å². The van der Waals surface area contributed by atoms with Crippen molar-refractivity contribution in [3.63, 3.8) is 0 Å². The summed E-state index contributed by atoms with van der Waals surface area (Å²) in [5, 5.41) is 12.1. The zero-order chi connectivity index (χ0) is 17.7. The molecule has 0 bridgehead atoms. The van der Waals surface area contributed by atoms with Crippen molar-refractivity contribution in [1.29, 1.82) is 0 Å². The Labute approximate surface area is 140 Å². The fourth-order valence-electron chi connectivity index (χ4n) is 2.95. The molecule has 7 heteroatoms. The molecule has 0 saturated carbocycles. The van der Waals surface area contributed by atoms with Gasteiger partial charge < -0.3 is 20.1 Å². The number of likely N-dealkylation sites (tertiary alicyclic amines) is 1. The van der Waals surface area contributed by atoms with Crippen LogP contribution in [-0.2, 0) is 19.1 Å². The molecule has 0 radical (unpaired) electrons. The fraction of sp³-hybridized carbons (Fsp3) is 0.471. The molecule has 7 nitrogen and oxygen atoms in total. The molecule has 1 aliphatic rings. The fourth-order valence-corrected chi connectivity index (χ4v) is 2.95. The largest absolute Gasteiger partial charge is 0.480 e. The Morgan fingerprint density at radius 1 is 1.33 bits per heavy atom. The van der Waals surface area contributed by atoms with Crippen LogP contribution < -0.4 is 5.32 Å². The van der Waals surface area contributed by atoms with Gasteiger partial charge in [-0.1, -0.05) is 30.3 Å². The summed E-state index contributed by atoms with van der Waals surface area (Å²) in [6.45, 7) is 1.63. The van der Waals surface area contributed by atoms with Gasteiger partial charge in [0.15, 0.2) is 0 Å². The Balaban J connectivity index is 2.14. The predicted molar refractivity (Wildman–Crippen MR) is 86.2 cm³/mol. The molecule has 2 amide bonds. The van der Waals surface area contributed by atoms with Gasteiger partial charge in [0.2, 0.25) is 11.8 Å². The van der Waals surface area contributed by atoms with Gasteiger partial charge in [0, 0.05) is 27.0 Å². The van der Waals surface area contributed by atoms with Crippen molar-refractivity contribution in [3.8, 4) is 0 Å². The molecule has 24 heavy (non-hydrogen) atoms. The minimum Gasteiger partial charge on any atom is -0.480 e. The van der Waals surface area contributed by atoms with Crippen molar-refractivity contribution >= 4 is 17.8 Å². The maximum atomic E-state index is 12.6. The molecule has 3 atom stereocenters. The lowest BCUT2D eigenvalue weighted by atomic mass is 10.0. The number of carbonyl (C=O) groups is 3.